The predicted molar refractivity (Wildman–Crippen MR) is 37.8 cm³/mol. The van der Waals surface area contributed by atoms with E-state index < -0.39 is 45.4 Å². The molecule has 0 unspecified atom stereocenters. The van der Waals surface area contributed by atoms with Gasteiger partial charge in [0.1, 0.15) is 0 Å². The molecule has 0 N–H and O–H groups in total. The molecule has 0 fully saturated rings. The van der Waals surface area contributed by atoms with Gasteiger partial charge in [-0.3, -0.25) is 0 Å². The van der Waals surface area contributed by atoms with Gasteiger partial charge in [-0.15, -0.1) is 0 Å². The van der Waals surface area contributed by atoms with Gasteiger partial charge < -0.3 is 18.2 Å². The van der Waals surface area contributed by atoms with Gasteiger partial charge in [-0.25, -0.2) is 24.1 Å². The smallest absolute Gasteiger partial charge is 0.749 e. The van der Waals surface area contributed by atoms with Crippen molar-refractivity contribution in [3.05, 3.63) is 0 Å². The fourth-order valence-corrected chi connectivity index (χ4v) is 0.816. The second kappa shape index (κ2) is 13.1. The minimum Gasteiger partial charge on any atom is -0.749 e. The molecule has 10 nitrogen and oxygen atoms in total. The summed E-state index contributed by atoms with van der Waals surface area (Å²) < 4.78 is 79.7. The first kappa shape index (κ1) is 21.3. The van der Waals surface area contributed by atoms with E-state index in [1.54, 1.807) is 0 Å². The van der Waals surface area contributed by atoms with Crippen molar-refractivity contribution in [2.24, 2.45) is 0 Å². The molecule has 0 aromatic carbocycles. The van der Waals surface area contributed by atoms with E-state index >= 15 is 0 Å². The summed E-state index contributed by atoms with van der Waals surface area (Å²) in [4.78, 5) is 0. The van der Waals surface area contributed by atoms with Crippen LogP contribution in [0.25, 0.3) is 0 Å². The number of hydrogen-bond donors (Lipinski definition) is 0. The molecule has 0 radical (unpaired) electrons. The van der Waals surface area contributed by atoms with E-state index in [1.165, 1.54) is 0 Å². The fraction of sp³-hybridized carbons (Fsp3) is 0. The summed E-state index contributed by atoms with van der Waals surface area (Å²) >= 11 is -11.8. The molecule has 0 saturated heterocycles. The Labute approximate surface area is 108 Å². The third-order valence-electron chi connectivity index (χ3n) is 0.222. The zero-order valence-corrected chi connectivity index (χ0v) is 11.6. The van der Waals surface area contributed by atoms with E-state index in [1.807, 2.05) is 0 Å². The minimum absolute atomic E-state index is 0. The van der Waals surface area contributed by atoms with Gasteiger partial charge in [-0.2, -0.15) is 0 Å². The van der Waals surface area contributed by atoms with Gasteiger partial charge in [0.2, 0.25) is 0 Å². The van der Waals surface area contributed by atoms with Gasteiger partial charge in [-0.05, 0) is 0 Å². The summed E-state index contributed by atoms with van der Waals surface area (Å²) in [6, 6.07) is 0. The van der Waals surface area contributed by atoms with Crippen molar-refractivity contribution in [3.8, 4) is 0 Å². The summed E-state index contributed by atoms with van der Waals surface area (Å²) in [5.74, 6) is 0. The van der Waals surface area contributed by atoms with Crippen LogP contribution >= 0.6 is 0 Å². The molecular formula is O10PtS4. The van der Waals surface area contributed by atoms with Crippen molar-refractivity contribution < 1.29 is 63.4 Å². The maximum atomic E-state index is 9.19. The second-order valence-electron chi connectivity index (χ2n) is 0.953. The van der Waals surface area contributed by atoms with Crippen LogP contribution in [0.1, 0.15) is 0 Å². The van der Waals surface area contributed by atoms with Crippen LogP contribution in [0.2, 0.25) is 0 Å². The van der Waals surface area contributed by atoms with E-state index in [4.69, 9.17) is 0 Å². The first-order chi connectivity index (χ1) is 6.25. The molecule has 0 aliphatic carbocycles. The Balaban J connectivity index is -0.000000180. The Hall–Kier alpha value is 1.05. The second-order valence-corrected chi connectivity index (χ2v) is 3.67. The molecule has 0 bridgehead atoms. The molecule has 0 saturated carbocycles. The van der Waals surface area contributed by atoms with Gasteiger partial charge in [-0.1, -0.05) is 0 Å². The molecule has 94 valence electrons. The van der Waals surface area contributed by atoms with Crippen molar-refractivity contribution in [1.29, 1.82) is 0 Å². The molecule has 15 heavy (non-hydrogen) atoms. The van der Waals surface area contributed by atoms with Crippen molar-refractivity contribution in [2.45, 2.75) is 0 Å². The third kappa shape index (κ3) is 31.3. The van der Waals surface area contributed by atoms with Crippen LogP contribution in [-0.4, -0.2) is 35.0 Å². The van der Waals surface area contributed by atoms with Crippen molar-refractivity contribution in [1.82, 2.24) is 0 Å². The van der Waals surface area contributed by atoms with Crippen LogP contribution in [0.3, 0.4) is 0 Å². The van der Waals surface area contributed by atoms with Gasteiger partial charge in [0.15, 0.2) is 0 Å². The third-order valence-corrected chi connectivity index (χ3v) is 2.00. The first-order valence-corrected chi connectivity index (χ1v) is 6.00. The average Bonchev–Trinajstić information content (AvgIpc) is 1.79. The summed E-state index contributed by atoms with van der Waals surface area (Å²) in [5, 5.41) is 0. The van der Waals surface area contributed by atoms with Gasteiger partial charge in [0, 0.05) is 0 Å². The molecule has 15 heteroatoms. The Kier molecular flexibility index (Phi) is 18.7. The standard InChI is InChI=1S/2H2O5S2.Pt/c2*1-6(2)5-7(3)4;/h2*(H,1,2)(H,3,4);/q;;+4/p-4. The summed E-state index contributed by atoms with van der Waals surface area (Å²) in [7, 11) is 0. The van der Waals surface area contributed by atoms with Crippen LogP contribution in [0.5, 0.6) is 0 Å². The van der Waals surface area contributed by atoms with E-state index in [0.717, 1.165) is 0 Å². The van der Waals surface area contributed by atoms with Crippen LogP contribution < -0.4 is 0 Å². The molecule has 0 spiro atoms. The molecule has 0 aliphatic heterocycles. The summed E-state index contributed by atoms with van der Waals surface area (Å²) in [6.07, 6.45) is 0. The Morgan fingerprint density at radius 1 is 0.600 bits per heavy atom. The van der Waals surface area contributed by atoms with Gasteiger partial charge >= 0.3 is 21.1 Å². The largest absolute Gasteiger partial charge is 4.00 e. The van der Waals surface area contributed by atoms with Crippen LogP contribution in [0.15, 0.2) is 0 Å². The number of rotatable bonds is 4. The molecule has 0 atom stereocenters. The molecule has 0 aliphatic rings. The number of hydrogen-bond acceptors (Lipinski definition) is 10. The van der Waals surface area contributed by atoms with Gasteiger partial charge in [0.05, 0.1) is 45.4 Å². The zero-order chi connectivity index (χ0) is 11.7. The molecular weight excluding hydrogens is 483 g/mol. The van der Waals surface area contributed by atoms with Crippen molar-refractivity contribution in [2.75, 3.05) is 0 Å². The zero-order valence-electron chi connectivity index (χ0n) is 6.03. The van der Waals surface area contributed by atoms with Crippen molar-refractivity contribution >= 4 is 45.4 Å². The Morgan fingerprint density at radius 3 is 0.733 bits per heavy atom. The van der Waals surface area contributed by atoms with Crippen molar-refractivity contribution in [3.63, 3.8) is 0 Å². The Morgan fingerprint density at radius 2 is 0.733 bits per heavy atom. The van der Waals surface area contributed by atoms with Crippen LogP contribution in [0.4, 0.5) is 0 Å². The summed E-state index contributed by atoms with van der Waals surface area (Å²) in [6.45, 7) is 0. The normalized spacial score (nSPS) is 17.3. The molecule has 0 rings (SSSR count). The molecule has 0 aromatic heterocycles. The quantitative estimate of drug-likeness (QED) is 0.379. The van der Waals surface area contributed by atoms with E-state index in [0.29, 0.717) is 0 Å². The predicted octanol–water partition coefficient (Wildman–Crippen LogP) is -2.82. The topological polar surface area (TPSA) is 179 Å². The van der Waals surface area contributed by atoms with Crippen LogP contribution in [0, 0.1) is 0 Å². The first-order valence-electron chi connectivity index (χ1n) is 2.00. The van der Waals surface area contributed by atoms with Gasteiger partial charge in [0.25, 0.3) is 0 Å². The van der Waals surface area contributed by atoms with Crippen LogP contribution in [-0.2, 0) is 73.8 Å². The monoisotopic (exact) mass is 483 g/mol. The summed E-state index contributed by atoms with van der Waals surface area (Å²) in [5.41, 5.74) is 0. The van der Waals surface area contributed by atoms with E-state index in [9.17, 15) is 35.0 Å². The van der Waals surface area contributed by atoms with E-state index in [2.05, 4.69) is 7.26 Å². The molecule has 0 aromatic rings. The fourth-order valence-electron chi connectivity index (χ4n) is 0.0907. The maximum absolute atomic E-state index is 9.19. The minimum atomic E-state index is -2.96. The maximum Gasteiger partial charge on any atom is 4.00 e. The average molecular weight is 483 g/mol. The Bertz CT molecular complexity index is 196. The van der Waals surface area contributed by atoms with E-state index in [-0.39, 0.29) is 21.1 Å². The SMILES string of the molecule is O=S([O-])OS(=O)[O-].O=S([O-])OS(=O)[O-].[Pt+4]. The molecule has 0 amide bonds. The molecule has 0 heterocycles.